The molecule has 0 aliphatic rings. The van der Waals surface area contributed by atoms with Crippen LogP contribution in [0.25, 0.3) is 11.0 Å². The van der Waals surface area contributed by atoms with Crippen molar-refractivity contribution in [3.05, 3.63) is 24.0 Å². The number of ether oxygens (including phenoxy) is 1. The molecule has 0 spiro atoms. The maximum absolute atomic E-state index is 11.6. The van der Waals surface area contributed by atoms with E-state index < -0.39 is 0 Å². The lowest BCUT2D eigenvalue weighted by Crippen LogP contribution is -2.22. The summed E-state index contributed by atoms with van der Waals surface area (Å²) in [5.74, 6) is 0.526. The molecule has 1 aromatic carbocycles. The predicted molar refractivity (Wildman–Crippen MR) is 74.9 cm³/mol. The summed E-state index contributed by atoms with van der Waals surface area (Å²) in [6.07, 6.45) is 0. The number of esters is 1. The Bertz CT molecular complexity index is 623. The number of carbonyl (C=O) groups excluding carboxylic acids is 1. The lowest BCUT2D eigenvalue weighted by Gasteiger charge is -2.19. The van der Waals surface area contributed by atoms with Crippen LogP contribution in [0.3, 0.4) is 0 Å². The molecule has 2 N–H and O–H groups in total. The monoisotopic (exact) mass is 261 g/mol. The van der Waals surface area contributed by atoms with Crippen molar-refractivity contribution in [3.63, 3.8) is 0 Å². The van der Waals surface area contributed by atoms with Crippen LogP contribution >= 0.6 is 0 Å². The van der Waals surface area contributed by atoms with E-state index in [1.165, 1.54) is 7.11 Å². The topological polar surface area (TPSA) is 70.1 Å². The van der Waals surface area contributed by atoms with Gasteiger partial charge in [-0.3, -0.25) is 4.79 Å². The number of nitrogens with two attached hydrogens (primary N) is 1. The minimum absolute atomic E-state index is 0.142. The molecule has 1 aromatic heterocycles. The highest BCUT2D eigenvalue weighted by Gasteiger charge is 2.24. The largest absolute Gasteiger partial charge is 0.468 e. The Morgan fingerprint density at radius 3 is 2.68 bits per heavy atom. The number of rotatable bonds is 2. The van der Waals surface area contributed by atoms with Crippen LogP contribution in [0.1, 0.15) is 26.6 Å². The van der Waals surface area contributed by atoms with Crippen molar-refractivity contribution in [1.29, 1.82) is 0 Å². The molecule has 5 nitrogen and oxygen atoms in total. The molecule has 0 radical (unpaired) electrons. The van der Waals surface area contributed by atoms with Gasteiger partial charge in [0.1, 0.15) is 17.9 Å². The number of aromatic nitrogens is 2. The molecular formula is C14H19N3O2. The highest BCUT2D eigenvalue weighted by Crippen LogP contribution is 2.28. The number of nitrogen functional groups attached to an aromatic ring is 1. The molecule has 5 heteroatoms. The van der Waals surface area contributed by atoms with Gasteiger partial charge in [0, 0.05) is 5.41 Å². The van der Waals surface area contributed by atoms with Crippen molar-refractivity contribution in [2.75, 3.05) is 12.8 Å². The van der Waals surface area contributed by atoms with E-state index in [9.17, 15) is 4.79 Å². The average molecular weight is 261 g/mol. The molecule has 0 unspecified atom stereocenters. The molecule has 0 saturated heterocycles. The van der Waals surface area contributed by atoms with Crippen molar-refractivity contribution < 1.29 is 9.53 Å². The first-order chi connectivity index (χ1) is 8.84. The van der Waals surface area contributed by atoms with Crippen LogP contribution in [-0.2, 0) is 21.5 Å². The average Bonchev–Trinajstić information content (AvgIpc) is 2.69. The Labute approximate surface area is 112 Å². The summed E-state index contributed by atoms with van der Waals surface area (Å²) in [5.41, 5.74) is 7.98. The second-order valence-corrected chi connectivity index (χ2v) is 5.56. The first kappa shape index (κ1) is 13.4. The van der Waals surface area contributed by atoms with Crippen molar-refractivity contribution in [3.8, 4) is 0 Å². The highest BCUT2D eigenvalue weighted by molar-refractivity contribution is 5.88. The van der Waals surface area contributed by atoms with Gasteiger partial charge in [-0.05, 0) is 12.1 Å². The molecule has 0 bridgehead atoms. The van der Waals surface area contributed by atoms with Gasteiger partial charge in [-0.2, -0.15) is 0 Å². The van der Waals surface area contributed by atoms with Gasteiger partial charge in [-0.1, -0.05) is 26.8 Å². The van der Waals surface area contributed by atoms with Crippen LogP contribution < -0.4 is 5.73 Å². The van der Waals surface area contributed by atoms with Gasteiger partial charge in [0.05, 0.1) is 18.3 Å². The zero-order valence-corrected chi connectivity index (χ0v) is 11.7. The maximum Gasteiger partial charge on any atom is 0.325 e. The van der Waals surface area contributed by atoms with Gasteiger partial charge in [0.15, 0.2) is 0 Å². The third-order valence-electron chi connectivity index (χ3n) is 3.00. The zero-order valence-electron chi connectivity index (χ0n) is 11.7. The third kappa shape index (κ3) is 2.41. The smallest absolute Gasteiger partial charge is 0.325 e. The number of nitrogens with zero attached hydrogens (tertiary/aromatic N) is 2. The first-order valence-corrected chi connectivity index (χ1v) is 6.16. The normalized spacial score (nSPS) is 11.8. The summed E-state index contributed by atoms with van der Waals surface area (Å²) in [6, 6.07) is 5.58. The van der Waals surface area contributed by atoms with Crippen LogP contribution in [0.15, 0.2) is 18.2 Å². The summed E-state index contributed by atoms with van der Waals surface area (Å²) >= 11 is 0. The Hall–Kier alpha value is -2.04. The fourth-order valence-corrected chi connectivity index (χ4v) is 2.09. The van der Waals surface area contributed by atoms with Crippen LogP contribution in [0.4, 0.5) is 5.69 Å². The molecule has 1 heterocycles. The van der Waals surface area contributed by atoms with Gasteiger partial charge < -0.3 is 15.0 Å². The summed E-state index contributed by atoms with van der Waals surface area (Å²) in [6.45, 7) is 6.30. The molecule has 0 saturated carbocycles. The molecule has 0 atom stereocenters. The van der Waals surface area contributed by atoms with E-state index in [0.29, 0.717) is 5.69 Å². The molecule has 2 rings (SSSR count). The number of benzene rings is 1. The molecule has 0 aliphatic heterocycles. The number of methoxy groups -OCH3 is 1. The van der Waals surface area contributed by atoms with Gasteiger partial charge in [-0.15, -0.1) is 0 Å². The molecule has 0 fully saturated rings. The van der Waals surface area contributed by atoms with Gasteiger partial charge >= 0.3 is 5.97 Å². The Morgan fingerprint density at radius 1 is 1.42 bits per heavy atom. The van der Waals surface area contributed by atoms with Crippen LogP contribution in [-0.4, -0.2) is 22.6 Å². The molecule has 0 aliphatic carbocycles. The van der Waals surface area contributed by atoms with E-state index in [0.717, 1.165) is 16.9 Å². The van der Waals surface area contributed by atoms with Gasteiger partial charge in [0.2, 0.25) is 0 Å². The molecule has 0 amide bonds. The number of fused-ring (bicyclic) bond motifs is 1. The van der Waals surface area contributed by atoms with Crippen molar-refractivity contribution in [1.82, 2.24) is 9.55 Å². The Morgan fingerprint density at radius 2 is 2.11 bits per heavy atom. The standard InChI is InChI=1S/C14H19N3O2/c1-14(2,3)13-16-12-9(15)6-5-7-10(12)17(13)8-11(18)19-4/h5-7H,8,15H2,1-4H3. The number of imidazole rings is 1. The van der Waals surface area contributed by atoms with Crippen LogP contribution in [0.5, 0.6) is 0 Å². The lowest BCUT2D eigenvalue weighted by atomic mass is 9.95. The molecular weight excluding hydrogens is 242 g/mol. The number of para-hydroxylation sites is 1. The second-order valence-electron chi connectivity index (χ2n) is 5.56. The SMILES string of the molecule is COC(=O)Cn1c(C(C)(C)C)nc2c(N)cccc21. The van der Waals surface area contributed by atoms with Crippen molar-refractivity contribution in [2.24, 2.45) is 0 Å². The number of carbonyl (C=O) groups is 1. The van der Waals surface area contributed by atoms with Gasteiger partial charge in [0.25, 0.3) is 0 Å². The number of hydrogen-bond donors (Lipinski definition) is 1. The van der Waals surface area contributed by atoms with E-state index in [1.807, 2.05) is 22.8 Å². The first-order valence-electron chi connectivity index (χ1n) is 6.16. The zero-order chi connectivity index (χ0) is 14.2. The van der Waals surface area contributed by atoms with E-state index in [-0.39, 0.29) is 17.9 Å². The molecule has 2 aromatic rings. The van der Waals surface area contributed by atoms with Crippen LogP contribution in [0.2, 0.25) is 0 Å². The lowest BCUT2D eigenvalue weighted by molar-refractivity contribution is -0.141. The number of hydrogen-bond acceptors (Lipinski definition) is 4. The summed E-state index contributed by atoms with van der Waals surface area (Å²) in [4.78, 5) is 16.2. The van der Waals surface area contributed by atoms with Gasteiger partial charge in [-0.25, -0.2) is 4.98 Å². The van der Waals surface area contributed by atoms with E-state index in [2.05, 4.69) is 25.8 Å². The maximum atomic E-state index is 11.6. The van der Waals surface area contributed by atoms with E-state index in [1.54, 1.807) is 0 Å². The summed E-state index contributed by atoms with van der Waals surface area (Å²) in [5, 5.41) is 0. The predicted octanol–water partition coefficient (Wildman–Crippen LogP) is 2.09. The minimum Gasteiger partial charge on any atom is -0.468 e. The molecule has 102 valence electrons. The summed E-state index contributed by atoms with van der Waals surface area (Å²) in [7, 11) is 1.38. The van der Waals surface area contributed by atoms with Crippen LogP contribution in [0, 0.1) is 0 Å². The fraction of sp³-hybridized carbons (Fsp3) is 0.429. The van der Waals surface area contributed by atoms with Crippen molar-refractivity contribution in [2.45, 2.75) is 32.7 Å². The fourth-order valence-electron chi connectivity index (χ4n) is 2.09. The van der Waals surface area contributed by atoms with Crippen molar-refractivity contribution >= 4 is 22.7 Å². The second kappa shape index (κ2) is 4.57. The minimum atomic E-state index is -0.299. The highest BCUT2D eigenvalue weighted by atomic mass is 16.5. The quantitative estimate of drug-likeness (QED) is 0.663. The third-order valence-corrected chi connectivity index (χ3v) is 3.00. The molecule has 19 heavy (non-hydrogen) atoms. The van der Waals surface area contributed by atoms with E-state index in [4.69, 9.17) is 10.5 Å². The Kier molecular flexibility index (Phi) is 3.22. The Balaban J connectivity index is 2.69. The summed E-state index contributed by atoms with van der Waals surface area (Å²) < 4.78 is 6.62. The van der Waals surface area contributed by atoms with E-state index >= 15 is 0 Å². The number of anilines is 1.